The Morgan fingerprint density at radius 3 is 2.70 bits per heavy atom. The van der Waals surface area contributed by atoms with E-state index >= 15 is 0 Å². The summed E-state index contributed by atoms with van der Waals surface area (Å²) in [6, 6.07) is 7.42. The molecule has 30 heavy (non-hydrogen) atoms. The second-order valence-electron chi connectivity index (χ2n) is 8.33. The quantitative estimate of drug-likeness (QED) is 0.614. The Balaban J connectivity index is 1.36. The fraction of sp³-hybridized carbons (Fsp3) is 0.409. The predicted molar refractivity (Wildman–Crippen MR) is 113 cm³/mol. The van der Waals surface area contributed by atoms with Crippen molar-refractivity contribution < 1.29 is 9.50 Å². The van der Waals surface area contributed by atoms with Crippen LogP contribution in [0.1, 0.15) is 25.0 Å². The van der Waals surface area contributed by atoms with E-state index in [-0.39, 0.29) is 17.8 Å². The van der Waals surface area contributed by atoms with E-state index in [9.17, 15) is 9.50 Å². The Morgan fingerprint density at radius 1 is 1.13 bits per heavy atom. The van der Waals surface area contributed by atoms with Crippen molar-refractivity contribution >= 4 is 5.82 Å². The molecule has 1 aromatic carbocycles. The van der Waals surface area contributed by atoms with Gasteiger partial charge in [0.15, 0.2) is 0 Å². The number of benzene rings is 1. The van der Waals surface area contributed by atoms with Gasteiger partial charge in [0, 0.05) is 36.0 Å². The van der Waals surface area contributed by atoms with Gasteiger partial charge in [-0.05, 0) is 44.4 Å². The molecule has 2 fully saturated rings. The van der Waals surface area contributed by atoms with Gasteiger partial charge < -0.3 is 15.3 Å². The molecule has 0 saturated carbocycles. The summed E-state index contributed by atoms with van der Waals surface area (Å²) in [5, 5.41) is 21.0. The molecule has 0 spiro atoms. The summed E-state index contributed by atoms with van der Waals surface area (Å²) >= 11 is 0. The topological polar surface area (TPSA) is 90.0 Å². The zero-order valence-corrected chi connectivity index (χ0v) is 17.0. The first-order valence-corrected chi connectivity index (χ1v) is 10.3. The smallest absolute Gasteiger partial charge is 0.147 e. The maximum atomic E-state index is 14.9. The molecule has 2 aliphatic rings. The number of rotatable bonds is 4. The van der Waals surface area contributed by atoms with Crippen LogP contribution in [0.4, 0.5) is 10.2 Å². The van der Waals surface area contributed by atoms with Gasteiger partial charge in [0.25, 0.3) is 0 Å². The minimum atomic E-state index is -0.919. The molecule has 2 saturated heterocycles. The molecular formula is C22H25FN6O. The van der Waals surface area contributed by atoms with Crippen LogP contribution in [0.15, 0.2) is 36.7 Å². The monoisotopic (exact) mass is 408 g/mol. The third-order valence-electron chi connectivity index (χ3n) is 6.33. The first-order chi connectivity index (χ1) is 14.5. The molecule has 2 aromatic heterocycles. The van der Waals surface area contributed by atoms with Gasteiger partial charge in [0.05, 0.1) is 29.8 Å². The highest BCUT2D eigenvalue weighted by atomic mass is 19.1. The van der Waals surface area contributed by atoms with Crippen molar-refractivity contribution in [3.8, 4) is 28.3 Å². The summed E-state index contributed by atoms with van der Waals surface area (Å²) < 4.78 is 14.9. The largest absolute Gasteiger partial charge is 0.507 e. The van der Waals surface area contributed by atoms with Crippen molar-refractivity contribution in [2.45, 2.75) is 50.5 Å². The van der Waals surface area contributed by atoms with Gasteiger partial charge in [0.2, 0.25) is 0 Å². The number of nitrogens with zero attached hydrogens (tertiary/aromatic N) is 4. The van der Waals surface area contributed by atoms with Gasteiger partial charge in [-0.3, -0.25) is 10.1 Å². The molecule has 2 bridgehead atoms. The first-order valence-electron chi connectivity index (χ1n) is 10.3. The standard InChI is InChI=1S/C22H25FN6O/c1-12-7-17(28-27-12)13-3-5-15(20(30)8-13)18-10-25-21(11-24-18)29(2)19-9-14-4-6-16(26-14)22(19)23/h3,5,7-8,10-11,14,16,19,22,26,30H,4,6,9H2,1-2H3,(H,27,28)/t14?,16-,19+,22-/m0/s1. The Morgan fingerprint density at radius 2 is 2.00 bits per heavy atom. The second-order valence-corrected chi connectivity index (χ2v) is 8.33. The maximum absolute atomic E-state index is 14.9. The number of phenols is 1. The average molecular weight is 408 g/mol. The first kappa shape index (κ1) is 19.0. The lowest BCUT2D eigenvalue weighted by Gasteiger charge is -2.38. The van der Waals surface area contributed by atoms with E-state index in [1.165, 1.54) is 0 Å². The molecule has 7 nitrogen and oxygen atoms in total. The molecule has 1 unspecified atom stereocenters. The van der Waals surface area contributed by atoms with Gasteiger partial charge in [-0.15, -0.1) is 0 Å². The summed E-state index contributed by atoms with van der Waals surface area (Å²) in [5.41, 5.74) is 3.71. The molecular weight excluding hydrogens is 383 g/mol. The van der Waals surface area contributed by atoms with Crippen LogP contribution < -0.4 is 10.2 Å². The number of anilines is 1. The van der Waals surface area contributed by atoms with Crippen molar-refractivity contribution in [1.29, 1.82) is 0 Å². The zero-order valence-electron chi connectivity index (χ0n) is 17.0. The predicted octanol–water partition coefficient (Wildman–Crippen LogP) is 3.21. The Labute approximate surface area is 174 Å². The summed E-state index contributed by atoms with van der Waals surface area (Å²) in [4.78, 5) is 10.9. The van der Waals surface area contributed by atoms with Crippen molar-refractivity contribution in [2.75, 3.05) is 11.9 Å². The molecule has 2 aliphatic heterocycles. The number of alkyl halides is 1. The second kappa shape index (κ2) is 7.36. The Bertz CT molecular complexity index is 1050. The van der Waals surface area contributed by atoms with Gasteiger partial charge in [-0.1, -0.05) is 6.07 Å². The fourth-order valence-corrected chi connectivity index (χ4v) is 4.63. The van der Waals surface area contributed by atoms with E-state index < -0.39 is 6.17 Å². The molecule has 5 rings (SSSR count). The van der Waals surface area contributed by atoms with Crippen LogP contribution in [-0.4, -0.2) is 56.6 Å². The van der Waals surface area contributed by atoms with Crippen LogP contribution >= 0.6 is 0 Å². The molecule has 0 radical (unpaired) electrons. The van der Waals surface area contributed by atoms with E-state index in [1.807, 2.05) is 37.1 Å². The van der Waals surface area contributed by atoms with E-state index in [0.717, 1.165) is 36.2 Å². The summed E-state index contributed by atoms with van der Waals surface area (Å²) in [5.74, 6) is 0.748. The lowest BCUT2D eigenvalue weighted by atomic mass is 9.96. The lowest BCUT2D eigenvalue weighted by molar-refractivity contribution is 0.176. The molecule has 3 aromatic rings. The average Bonchev–Trinajstić information content (AvgIpc) is 3.37. The Hall–Kier alpha value is -3.00. The molecule has 3 N–H and O–H groups in total. The van der Waals surface area contributed by atoms with Gasteiger partial charge in [0.1, 0.15) is 17.7 Å². The number of aromatic amines is 1. The SMILES string of the molecule is Cc1cc(-c2ccc(-c3cnc(N(C)[C@@H]4CC5CC[C@H](N5)[C@@H]4F)cn3)c(O)c2)n[nH]1. The number of phenolic OH excluding ortho intramolecular Hbond substituents is 1. The number of H-pyrrole nitrogens is 1. The minimum Gasteiger partial charge on any atom is -0.507 e. The van der Waals surface area contributed by atoms with Crippen molar-refractivity contribution in [2.24, 2.45) is 0 Å². The number of aromatic nitrogens is 4. The van der Waals surface area contributed by atoms with Gasteiger partial charge in [-0.25, -0.2) is 9.37 Å². The third-order valence-corrected chi connectivity index (χ3v) is 6.33. The molecule has 4 atom stereocenters. The number of nitrogens with one attached hydrogen (secondary N) is 2. The number of fused-ring (bicyclic) bond motifs is 2. The normalized spacial score (nSPS) is 25.4. The third kappa shape index (κ3) is 3.31. The maximum Gasteiger partial charge on any atom is 0.147 e. The van der Waals surface area contributed by atoms with Crippen LogP contribution in [0.3, 0.4) is 0 Å². The van der Waals surface area contributed by atoms with Crippen LogP contribution in [-0.2, 0) is 0 Å². The van der Waals surface area contributed by atoms with Crippen molar-refractivity contribution in [3.63, 3.8) is 0 Å². The highest BCUT2D eigenvalue weighted by molar-refractivity contribution is 5.73. The fourth-order valence-electron chi connectivity index (χ4n) is 4.63. The molecule has 156 valence electrons. The van der Waals surface area contributed by atoms with Crippen LogP contribution in [0.25, 0.3) is 22.5 Å². The van der Waals surface area contributed by atoms with Crippen LogP contribution in [0, 0.1) is 6.92 Å². The van der Waals surface area contributed by atoms with Crippen LogP contribution in [0.2, 0.25) is 0 Å². The number of hydrogen-bond acceptors (Lipinski definition) is 6. The number of aryl methyl sites for hydroxylation is 1. The molecule has 8 heteroatoms. The van der Waals surface area contributed by atoms with Gasteiger partial charge >= 0.3 is 0 Å². The number of piperidine rings is 1. The lowest BCUT2D eigenvalue weighted by Crippen LogP contribution is -2.55. The van der Waals surface area contributed by atoms with Crippen molar-refractivity contribution in [3.05, 3.63) is 42.4 Å². The van der Waals surface area contributed by atoms with Gasteiger partial charge in [-0.2, -0.15) is 5.10 Å². The van der Waals surface area contributed by atoms with E-state index in [0.29, 0.717) is 23.1 Å². The number of hydrogen-bond donors (Lipinski definition) is 3. The van der Waals surface area contributed by atoms with E-state index in [1.54, 1.807) is 18.5 Å². The number of aromatic hydroxyl groups is 1. The van der Waals surface area contributed by atoms with E-state index in [2.05, 4.69) is 25.5 Å². The van der Waals surface area contributed by atoms with Crippen LogP contribution in [0.5, 0.6) is 5.75 Å². The molecule has 4 heterocycles. The summed E-state index contributed by atoms with van der Waals surface area (Å²) in [7, 11) is 1.88. The highest BCUT2D eigenvalue weighted by Crippen LogP contribution is 2.34. The minimum absolute atomic E-state index is 0.0581. The highest BCUT2D eigenvalue weighted by Gasteiger charge is 2.43. The Kier molecular flexibility index (Phi) is 4.66. The number of halogens is 1. The molecule has 0 aliphatic carbocycles. The van der Waals surface area contributed by atoms with E-state index in [4.69, 9.17) is 0 Å². The zero-order chi connectivity index (χ0) is 20.8. The van der Waals surface area contributed by atoms with Crippen molar-refractivity contribution in [1.82, 2.24) is 25.5 Å². The summed E-state index contributed by atoms with van der Waals surface area (Å²) in [6.07, 6.45) is 5.06. The molecule has 0 amide bonds. The summed E-state index contributed by atoms with van der Waals surface area (Å²) in [6.45, 7) is 1.93.